The summed E-state index contributed by atoms with van der Waals surface area (Å²) in [5, 5.41) is 0. The third-order valence-electron chi connectivity index (χ3n) is 3.65. The van der Waals surface area contributed by atoms with Crippen LogP contribution >= 0.6 is 0 Å². The Morgan fingerprint density at radius 1 is 1.00 bits per heavy atom. The van der Waals surface area contributed by atoms with Crippen LogP contribution in [0.3, 0.4) is 0 Å². The maximum atomic E-state index is 5.90. The molecule has 0 unspecified atom stereocenters. The normalized spacial score (nSPS) is 17.0. The van der Waals surface area contributed by atoms with Crippen molar-refractivity contribution >= 4 is 0 Å². The van der Waals surface area contributed by atoms with Gasteiger partial charge in [-0.2, -0.15) is 0 Å². The third kappa shape index (κ3) is 3.78. The highest BCUT2D eigenvalue weighted by molar-refractivity contribution is 5.26. The minimum atomic E-state index is -0.141. The fourth-order valence-electron chi connectivity index (χ4n) is 2.55. The topological polar surface area (TPSA) is 21.7 Å². The van der Waals surface area contributed by atoms with Crippen LogP contribution in [0.15, 0.2) is 24.3 Å². The molecule has 19 heavy (non-hydrogen) atoms. The van der Waals surface area contributed by atoms with Gasteiger partial charge >= 0.3 is 0 Å². The van der Waals surface area contributed by atoms with Crippen molar-refractivity contribution in [2.45, 2.75) is 59.3 Å². The number of hydrogen-bond donors (Lipinski definition) is 0. The molecule has 0 atom stereocenters. The Hall–Kier alpha value is -0.900. The van der Waals surface area contributed by atoms with Crippen LogP contribution in [0.25, 0.3) is 0 Å². The Labute approximate surface area is 116 Å². The van der Waals surface area contributed by atoms with Gasteiger partial charge in [0.25, 0.3) is 0 Å². The van der Waals surface area contributed by atoms with Gasteiger partial charge in [0.2, 0.25) is 0 Å². The summed E-state index contributed by atoms with van der Waals surface area (Å²) in [6.45, 7) is 11.0. The summed E-state index contributed by atoms with van der Waals surface area (Å²) in [6, 6.07) is 9.33. The highest BCUT2D eigenvalue weighted by Gasteiger charge is 2.22. The number of benzene rings is 1. The van der Waals surface area contributed by atoms with E-state index in [-0.39, 0.29) is 6.29 Å². The molecule has 0 aliphatic carbocycles. The molecule has 1 aliphatic heterocycles. The van der Waals surface area contributed by atoms with Gasteiger partial charge in [-0.3, -0.25) is 4.90 Å². The van der Waals surface area contributed by atoms with Gasteiger partial charge in [0, 0.05) is 12.1 Å². The number of fused-ring (bicyclic) bond motifs is 1. The van der Waals surface area contributed by atoms with Crippen molar-refractivity contribution in [2.24, 2.45) is 0 Å². The highest BCUT2D eigenvalue weighted by atomic mass is 16.7. The quantitative estimate of drug-likeness (QED) is 0.833. The lowest BCUT2D eigenvalue weighted by Gasteiger charge is -2.33. The van der Waals surface area contributed by atoms with Crippen molar-refractivity contribution in [1.29, 1.82) is 0 Å². The van der Waals surface area contributed by atoms with E-state index in [9.17, 15) is 0 Å². The Morgan fingerprint density at radius 2 is 1.47 bits per heavy atom. The third-order valence-corrected chi connectivity index (χ3v) is 3.65. The molecule has 0 saturated heterocycles. The Morgan fingerprint density at radius 3 is 1.89 bits per heavy atom. The molecule has 0 saturated carbocycles. The molecule has 0 amide bonds. The van der Waals surface area contributed by atoms with Crippen molar-refractivity contribution in [3.05, 3.63) is 35.4 Å². The molecule has 1 heterocycles. The second-order valence-electron chi connectivity index (χ2n) is 5.70. The highest BCUT2D eigenvalue weighted by Crippen LogP contribution is 2.19. The van der Waals surface area contributed by atoms with Crippen LogP contribution in [-0.4, -0.2) is 29.8 Å². The van der Waals surface area contributed by atoms with Crippen LogP contribution in [0.1, 0.15) is 38.8 Å². The smallest absolute Gasteiger partial charge is 0.171 e. The molecule has 0 fully saturated rings. The maximum Gasteiger partial charge on any atom is 0.171 e. The van der Waals surface area contributed by atoms with E-state index in [1.807, 2.05) is 0 Å². The first-order valence-electron chi connectivity index (χ1n) is 7.13. The fourth-order valence-corrected chi connectivity index (χ4v) is 2.55. The lowest BCUT2D eigenvalue weighted by atomic mass is 10.1. The van der Waals surface area contributed by atoms with E-state index in [0.717, 1.165) is 6.54 Å². The van der Waals surface area contributed by atoms with Crippen molar-refractivity contribution in [3.63, 3.8) is 0 Å². The molecular formula is C16H25NO2. The fraction of sp³-hybridized carbons (Fsp3) is 0.625. The van der Waals surface area contributed by atoms with Crippen molar-refractivity contribution < 1.29 is 9.47 Å². The SMILES string of the molecule is CC(C)N(CC1OCc2ccccc2CO1)C(C)C. The molecule has 0 N–H and O–H groups in total. The van der Waals surface area contributed by atoms with E-state index >= 15 is 0 Å². The summed E-state index contributed by atoms with van der Waals surface area (Å²) < 4.78 is 11.8. The van der Waals surface area contributed by atoms with Crippen molar-refractivity contribution in [1.82, 2.24) is 4.90 Å². The summed E-state index contributed by atoms with van der Waals surface area (Å²) >= 11 is 0. The van der Waals surface area contributed by atoms with Gasteiger partial charge in [0.15, 0.2) is 6.29 Å². The van der Waals surface area contributed by atoms with E-state index in [2.05, 4.69) is 56.9 Å². The predicted octanol–water partition coefficient (Wildman–Crippen LogP) is 3.18. The van der Waals surface area contributed by atoms with Gasteiger partial charge in [-0.15, -0.1) is 0 Å². The summed E-state index contributed by atoms with van der Waals surface area (Å²) in [4.78, 5) is 2.40. The number of hydrogen-bond acceptors (Lipinski definition) is 3. The zero-order valence-electron chi connectivity index (χ0n) is 12.4. The Bertz CT molecular complexity index is 368. The molecule has 3 heteroatoms. The van der Waals surface area contributed by atoms with Crippen LogP contribution in [-0.2, 0) is 22.7 Å². The Balaban J connectivity index is 1.98. The average Bonchev–Trinajstić information content (AvgIpc) is 2.57. The molecule has 3 nitrogen and oxygen atoms in total. The Kier molecular flexibility index (Phi) is 4.97. The van der Waals surface area contributed by atoms with Crippen LogP contribution in [0, 0.1) is 0 Å². The zero-order valence-corrected chi connectivity index (χ0v) is 12.4. The maximum absolute atomic E-state index is 5.90. The summed E-state index contributed by atoms with van der Waals surface area (Å²) in [5.74, 6) is 0. The van der Waals surface area contributed by atoms with E-state index < -0.39 is 0 Å². The van der Waals surface area contributed by atoms with Crippen molar-refractivity contribution in [3.8, 4) is 0 Å². The number of nitrogens with zero attached hydrogens (tertiary/aromatic N) is 1. The summed E-state index contributed by atoms with van der Waals surface area (Å²) in [7, 11) is 0. The number of ether oxygens (including phenoxy) is 2. The molecule has 0 bridgehead atoms. The van der Waals surface area contributed by atoms with Crippen LogP contribution < -0.4 is 0 Å². The molecule has 0 aromatic heterocycles. The molecule has 0 spiro atoms. The largest absolute Gasteiger partial charge is 0.347 e. The van der Waals surface area contributed by atoms with Gasteiger partial charge in [-0.1, -0.05) is 24.3 Å². The second-order valence-corrected chi connectivity index (χ2v) is 5.70. The first kappa shape index (κ1) is 14.5. The first-order chi connectivity index (χ1) is 9.08. The molecule has 2 rings (SSSR count). The standard InChI is InChI=1S/C16H25NO2/c1-12(2)17(13(3)4)9-16-18-10-14-7-5-6-8-15(14)11-19-16/h5-8,12-13,16H,9-11H2,1-4H3. The van der Waals surface area contributed by atoms with Gasteiger partial charge < -0.3 is 9.47 Å². The van der Waals surface area contributed by atoms with Gasteiger partial charge in [-0.05, 0) is 38.8 Å². The van der Waals surface area contributed by atoms with Crippen LogP contribution in [0.2, 0.25) is 0 Å². The van der Waals surface area contributed by atoms with E-state index in [4.69, 9.17) is 9.47 Å². The molecule has 106 valence electrons. The van der Waals surface area contributed by atoms with E-state index in [1.54, 1.807) is 0 Å². The average molecular weight is 263 g/mol. The first-order valence-corrected chi connectivity index (χ1v) is 7.13. The lowest BCUT2D eigenvalue weighted by Crippen LogP contribution is -2.43. The van der Waals surface area contributed by atoms with E-state index in [1.165, 1.54) is 11.1 Å². The minimum Gasteiger partial charge on any atom is -0.347 e. The van der Waals surface area contributed by atoms with E-state index in [0.29, 0.717) is 25.3 Å². The zero-order chi connectivity index (χ0) is 13.8. The molecule has 1 aromatic carbocycles. The molecule has 1 aliphatic rings. The minimum absolute atomic E-state index is 0.141. The lowest BCUT2D eigenvalue weighted by molar-refractivity contribution is -0.164. The van der Waals surface area contributed by atoms with Crippen LogP contribution in [0.4, 0.5) is 0 Å². The molecular weight excluding hydrogens is 238 g/mol. The monoisotopic (exact) mass is 263 g/mol. The van der Waals surface area contributed by atoms with Crippen molar-refractivity contribution in [2.75, 3.05) is 6.54 Å². The number of rotatable bonds is 4. The molecule has 1 aromatic rings. The molecule has 0 radical (unpaired) electrons. The second kappa shape index (κ2) is 6.51. The van der Waals surface area contributed by atoms with Gasteiger partial charge in [0.1, 0.15) is 0 Å². The van der Waals surface area contributed by atoms with Gasteiger partial charge in [0.05, 0.1) is 19.8 Å². The predicted molar refractivity (Wildman–Crippen MR) is 76.8 cm³/mol. The van der Waals surface area contributed by atoms with Crippen LogP contribution in [0.5, 0.6) is 0 Å². The van der Waals surface area contributed by atoms with Gasteiger partial charge in [-0.25, -0.2) is 0 Å². The summed E-state index contributed by atoms with van der Waals surface area (Å²) in [6.07, 6.45) is -0.141. The summed E-state index contributed by atoms with van der Waals surface area (Å²) in [5.41, 5.74) is 2.48.